The van der Waals surface area contributed by atoms with Gasteiger partial charge in [0.05, 0.1) is 17.1 Å². The van der Waals surface area contributed by atoms with E-state index >= 15 is 0 Å². The van der Waals surface area contributed by atoms with Crippen LogP contribution in [0, 0.1) is 0 Å². The van der Waals surface area contributed by atoms with Gasteiger partial charge in [0, 0.05) is 17.6 Å². The van der Waals surface area contributed by atoms with Gasteiger partial charge in [0.25, 0.3) is 0 Å². The highest BCUT2D eigenvalue weighted by Crippen LogP contribution is 2.32. The number of nitrogens with one attached hydrogen (secondary N) is 2. The molecule has 0 unspecified atom stereocenters. The van der Waals surface area contributed by atoms with Crippen molar-refractivity contribution in [2.45, 2.75) is 25.3 Å². The summed E-state index contributed by atoms with van der Waals surface area (Å²) in [5.41, 5.74) is 7.54. The van der Waals surface area contributed by atoms with Gasteiger partial charge in [-0.05, 0) is 31.5 Å². The van der Waals surface area contributed by atoms with Crippen LogP contribution < -0.4 is 15.8 Å². The van der Waals surface area contributed by atoms with Crippen LogP contribution in [0.1, 0.15) is 19.3 Å². The van der Waals surface area contributed by atoms with Crippen molar-refractivity contribution in [1.29, 1.82) is 0 Å². The van der Waals surface area contributed by atoms with E-state index in [1.54, 1.807) is 12.4 Å². The minimum Gasteiger partial charge on any atom is -0.491 e. The molecule has 1 atom stereocenters. The molecule has 4 N–H and O–H groups in total. The number of nitrogens with two attached hydrogens (primary N) is 1. The highest BCUT2D eigenvalue weighted by Gasteiger charge is 2.16. The number of ether oxygens (including phenoxy) is 1. The zero-order chi connectivity index (χ0) is 14.9. The lowest BCUT2D eigenvalue weighted by molar-refractivity contribution is 0.241. The van der Waals surface area contributed by atoms with E-state index in [9.17, 15) is 0 Å². The molecular weight excluding hydrogens is 278 g/mol. The summed E-state index contributed by atoms with van der Waals surface area (Å²) >= 11 is 0. The first-order valence-electron chi connectivity index (χ1n) is 7.69. The molecule has 0 spiro atoms. The largest absolute Gasteiger partial charge is 0.491 e. The standard InChI is InChI=1S/C16H19N5O/c17-14-7-11-12(8-20-14)21-16-15(11)13(4-6-19-16)22-9-10-3-1-2-5-18-10/h4,6-8,10,18H,1-3,5,9H2,(H2,17,20)(H,19,21)/t10-/m1/s1. The van der Waals surface area contributed by atoms with Crippen molar-refractivity contribution >= 4 is 27.8 Å². The van der Waals surface area contributed by atoms with Gasteiger partial charge < -0.3 is 20.8 Å². The van der Waals surface area contributed by atoms with Crippen molar-refractivity contribution in [2.24, 2.45) is 0 Å². The molecule has 1 saturated heterocycles. The van der Waals surface area contributed by atoms with Crippen LogP contribution in [-0.4, -0.2) is 34.1 Å². The Morgan fingerprint density at radius 2 is 2.27 bits per heavy atom. The van der Waals surface area contributed by atoms with E-state index in [0.717, 1.165) is 34.2 Å². The number of nitrogens with zero attached hydrogens (tertiary/aromatic N) is 2. The summed E-state index contributed by atoms with van der Waals surface area (Å²) in [7, 11) is 0. The van der Waals surface area contributed by atoms with E-state index in [-0.39, 0.29) is 0 Å². The van der Waals surface area contributed by atoms with Gasteiger partial charge in [0.2, 0.25) is 0 Å². The molecule has 1 aliphatic heterocycles. The second-order valence-corrected chi connectivity index (χ2v) is 5.77. The van der Waals surface area contributed by atoms with Crippen LogP contribution in [0.25, 0.3) is 21.9 Å². The highest BCUT2D eigenvalue weighted by molar-refractivity contribution is 6.09. The van der Waals surface area contributed by atoms with Crippen LogP contribution in [0.2, 0.25) is 0 Å². The van der Waals surface area contributed by atoms with Crippen LogP contribution >= 0.6 is 0 Å². The second kappa shape index (κ2) is 5.46. The van der Waals surface area contributed by atoms with Crippen LogP contribution in [0.15, 0.2) is 24.5 Å². The van der Waals surface area contributed by atoms with Crippen LogP contribution in [0.3, 0.4) is 0 Å². The summed E-state index contributed by atoms with van der Waals surface area (Å²) < 4.78 is 6.08. The molecule has 1 fully saturated rings. The number of aromatic amines is 1. The summed E-state index contributed by atoms with van der Waals surface area (Å²) in [6.45, 7) is 1.75. The van der Waals surface area contributed by atoms with E-state index in [2.05, 4.69) is 20.3 Å². The molecule has 0 radical (unpaired) electrons. The molecule has 0 aromatic carbocycles. The van der Waals surface area contributed by atoms with Crippen LogP contribution in [0.5, 0.6) is 5.75 Å². The number of anilines is 1. The average Bonchev–Trinajstić information content (AvgIpc) is 2.92. The van der Waals surface area contributed by atoms with Gasteiger partial charge in [-0.1, -0.05) is 6.42 Å². The maximum Gasteiger partial charge on any atom is 0.142 e. The number of piperidine rings is 1. The van der Waals surface area contributed by atoms with Crippen molar-refractivity contribution in [3.05, 3.63) is 24.5 Å². The average molecular weight is 297 g/mol. The number of rotatable bonds is 3. The number of pyridine rings is 2. The third kappa shape index (κ3) is 2.35. The second-order valence-electron chi connectivity index (χ2n) is 5.77. The Balaban J connectivity index is 1.70. The molecule has 3 aromatic heterocycles. The third-order valence-electron chi connectivity index (χ3n) is 4.21. The zero-order valence-electron chi connectivity index (χ0n) is 12.3. The van der Waals surface area contributed by atoms with E-state index < -0.39 is 0 Å². The summed E-state index contributed by atoms with van der Waals surface area (Å²) in [5, 5.41) is 5.48. The maximum absolute atomic E-state index is 6.08. The zero-order valence-corrected chi connectivity index (χ0v) is 12.3. The topological polar surface area (TPSA) is 88.9 Å². The Bertz CT molecular complexity index is 807. The quantitative estimate of drug-likeness (QED) is 0.690. The molecule has 1 aliphatic rings. The maximum atomic E-state index is 6.08. The molecule has 0 amide bonds. The Morgan fingerprint density at radius 1 is 1.32 bits per heavy atom. The third-order valence-corrected chi connectivity index (χ3v) is 4.21. The molecule has 3 aromatic rings. The lowest BCUT2D eigenvalue weighted by atomic mass is 10.1. The smallest absolute Gasteiger partial charge is 0.142 e. The fourth-order valence-electron chi connectivity index (χ4n) is 3.08. The number of nitrogen functional groups attached to an aromatic ring is 1. The predicted molar refractivity (Wildman–Crippen MR) is 86.9 cm³/mol. The summed E-state index contributed by atoms with van der Waals surface area (Å²) in [6.07, 6.45) is 7.18. The first-order valence-corrected chi connectivity index (χ1v) is 7.69. The molecule has 0 aliphatic carbocycles. The van der Waals surface area contributed by atoms with Gasteiger partial charge >= 0.3 is 0 Å². The highest BCUT2D eigenvalue weighted by atomic mass is 16.5. The van der Waals surface area contributed by atoms with Gasteiger partial charge in [-0.3, -0.25) is 0 Å². The molecule has 0 saturated carbocycles. The lowest BCUT2D eigenvalue weighted by Gasteiger charge is -2.23. The number of fused-ring (bicyclic) bond motifs is 3. The molecular formula is C16H19N5O. The van der Waals surface area contributed by atoms with Crippen molar-refractivity contribution in [3.63, 3.8) is 0 Å². The molecule has 0 bridgehead atoms. The number of hydrogen-bond donors (Lipinski definition) is 3. The fraction of sp³-hybridized carbons (Fsp3) is 0.375. The Labute approximate surface area is 128 Å². The monoisotopic (exact) mass is 297 g/mol. The lowest BCUT2D eigenvalue weighted by Crippen LogP contribution is -2.38. The Kier molecular flexibility index (Phi) is 3.31. The summed E-state index contributed by atoms with van der Waals surface area (Å²) in [6, 6.07) is 4.20. The van der Waals surface area contributed by atoms with Gasteiger partial charge in [0.15, 0.2) is 0 Å². The molecule has 6 heteroatoms. The molecule has 6 nitrogen and oxygen atoms in total. The van der Waals surface area contributed by atoms with Gasteiger partial charge in [0.1, 0.15) is 23.8 Å². The normalized spacial score (nSPS) is 18.8. The fourth-order valence-corrected chi connectivity index (χ4v) is 3.08. The molecule has 4 heterocycles. The van der Waals surface area contributed by atoms with Crippen LogP contribution in [0.4, 0.5) is 5.82 Å². The van der Waals surface area contributed by atoms with E-state index in [4.69, 9.17) is 10.5 Å². The van der Waals surface area contributed by atoms with E-state index in [0.29, 0.717) is 18.5 Å². The minimum atomic E-state index is 0.425. The SMILES string of the molecule is Nc1cc2c(cn1)[nH]c1nccc(OC[C@H]3CCCCN3)c12. The van der Waals surface area contributed by atoms with Crippen molar-refractivity contribution in [2.75, 3.05) is 18.9 Å². The Hall–Kier alpha value is -2.34. The number of aromatic nitrogens is 3. The molecule has 4 rings (SSSR count). The first-order chi connectivity index (χ1) is 10.8. The molecule has 114 valence electrons. The number of H-pyrrole nitrogens is 1. The minimum absolute atomic E-state index is 0.425. The van der Waals surface area contributed by atoms with Gasteiger partial charge in [-0.2, -0.15) is 0 Å². The van der Waals surface area contributed by atoms with Crippen molar-refractivity contribution in [1.82, 2.24) is 20.3 Å². The van der Waals surface area contributed by atoms with Crippen molar-refractivity contribution < 1.29 is 4.74 Å². The van der Waals surface area contributed by atoms with Crippen molar-refractivity contribution in [3.8, 4) is 5.75 Å². The van der Waals surface area contributed by atoms with E-state index in [1.807, 2.05) is 12.1 Å². The predicted octanol–water partition coefficient (Wildman–Crippen LogP) is 2.21. The van der Waals surface area contributed by atoms with Crippen LogP contribution in [-0.2, 0) is 0 Å². The summed E-state index contributed by atoms with van der Waals surface area (Å²) in [5.74, 6) is 1.34. The van der Waals surface area contributed by atoms with Gasteiger partial charge in [-0.15, -0.1) is 0 Å². The van der Waals surface area contributed by atoms with E-state index in [1.165, 1.54) is 19.3 Å². The van der Waals surface area contributed by atoms with Gasteiger partial charge in [-0.25, -0.2) is 9.97 Å². The first kappa shape index (κ1) is 13.3. The molecule has 22 heavy (non-hydrogen) atoms. The number of hydrogen-bond acceptors (Lipinski definition) is 5. The Morgan fingerprint density at radius 3 is 3.14 bits per heavy atom. The summed E-state index contributed by atoms with van der Waals surface area (Å²) in [4.78, 5) is 11.8.